The molecule has 0 aromatic heterocycles. The van der Waals surface area contributed by atoms with Gasteiger partial charge in [-0.25, -0.2) is 8.42 Å². The van der Waals surface area contributed by atoms with Crippen LogP contribution < -0.4 is 0 Å². The molecule has 23 heavy (non-hydrogen) atoms. The number of esters is 1. The second kappa shape index (κ2) is 7.04. The van der Waals surface area contributed by atoms with Crippen LogP contribution in [0.5, 0.6) is 0 Å². The van der Waals surface area contributed by atoms with E-state index in [1.54, 1.807) is 0 Å². The zero-order chi connectivity index (χ0) is 16.3. The fourth-order valence-corrected chi connectivity index (χ4v) is 5.66. The van der Waals surface area contributed by atoms with E-state index in [1.165, 1.54) is 5.56 Å². The van der Waals surface area contributed by atoms with Crippen molar-refractivity contribution in [1.29, 1.82) is 0 Å². The van der Waals surface area contributed by atoms with E-state index in [2.05, 4.69) is 12.1 Å². The molecule has 1 saturated heterocycles. The van der Waals surface area contributed by atoms with Gasteiger partial charge in [0.25, 0.3) is 0 Å². The second-order valence-electron chi connectivity index (χ2n) is 6.88. The van der Waals surface area contributed by atoms with Crippen molar-refractivity contribution in [2.45, 2.75) is 44.6 Å². The molecule has 0 radical (unpaired) electrons. The number of hydrogen-bond acceptors (Lipinski definition) is 4. The zero-order valence-electron chi connectivity index (χ0n) is 13.3. The maximum atomic E-state index is 12.1. The number of ether oxygens (including phenoxy) is 1. The van der Waals surface area contributed by atoms with Gasteiger partial charge in [0.05, 0.1) is 11.5 Å². The van der Waals surface area contributed by atoms with Crippen molar-refractivity contribution in [2.24, 2.45) is 11.8 Å². The summed E-state index contributed by atoms with van der Waals surface area (Å²) in [7, 11) is -2.93. The molecule has 2 fully saturated rings. The fraction of sp³-hybridized carbons (Fsp3) is 0.611. The Morgan fingerprint density at radius 3 is 2.61 bits per heavy atom. The number of benzene rings is 1. The van der Waals surface area contributed by atoms with Crippen molar-refractivity contribution < 1.29 is 17.9 Å². The van der Waals surface area contributed by atoms with E-state index in [-0.39, 0.29) is 35.9 Å². The van der Waals surface area contributed by atoms with E-state index in [1.807, 2.05) is 18.2 Å². The molecular weight excluding hydrogens is 312 g/mol. The van der Waals surface area contributed by atoms with Crippen LogP contribution in [0.15, 0.2) is 30.3 Å². The van der Waals surface area contributed by atoms with Crippen LogP contribution in [0.4, 0.5) is 0 Å². The van der Waals surface area contributed by atoms with Gasteiger partial charge in [0.2, 0.25) is 0 Å². The third kappa shape index (κ3) is 4.56. The predicted octanol–water partition coefficient (Wildman–Crippen LogP) is 2.77. The molecule has 5 heteroatoms. The highest BCUT2D eigenvalue weighted by atomic mass is 32.2. The standard InChI is InChI=1S/C18H24O4S/c19-18(12-15-9-10-23(20,21)13-15)22-17-8-4-7-16(17)11-14-5-2-1-3-6-14/h1-3,5-6,15-17H,4,7-13H2. The molecule has 1 aromatic rings. The van der Waals surface area contributed by atoms with Gasteiger partial charge >= 0.3 is 5.97 Å². The molecule has 1 aliphatic carbocycles. The molecule has 0 bridgehead atoms. The number of rotatable bonds is 5. The molecule has 3 atom stereocenters. The van der Waals surface area contributed by atoms with E-state index in [0.717, 1.165) is 25.7 Å². The van der Waals surface area contributed by atoms with Crippen molar-refractivity contribution in [2.75, 3.05) is 11.5 Å². The minimum atomic E-state index is -2.93. The van der Waals surface area contributed by atoms with Gasteiger partial charge in [-0.05, 0) is 49.5 Å². The first-order valence-electron chi connectivity index (χ1n) is 8.46. The van der Waals surface area contributed by atoms with E-state index in [9.17, 15) is 13.2 Å². The molecule has 0 N–H and O–H groups in total. The van der Waals surface area contributed by atoms with Gasteiger partial charge in [0.1, 0.15) is 6.10 Å². The topological polar surface area (TPSA) is 60.4 Å². The van der Waals surface area contributed by atoms with Gasteiger partial charge < -0.3 is 4.74 Å². The summed E-state index contributed by atoms with van der Waals surface area (Å²) in [6.45, 7) is 0. The lowest BCUT2D eigenvalue weighted by Crippen LogP contribution is -2.25. The van der Waals surface area contributed by atoms with Gasteiger partial charge in [0, 0.05) is 6.42 Å². The summed E-state index contributed by atoms with van der Waals surface area (Å²) in [4.78, 5) is 12.1. The van der Waals surface area contributed by atoms with Gasteiger partial charge in [-0.2, -0.15) is 0 Å². The minimum absolute atomic E-state index is 0.0132. The highest BCUT2D eigenvalue weighted by Crippen LogP contribution is 2.32. The number of hydrogen-bond donors (Lipinski definition) is 0. The average molecular weight is 336 g/mol. The van der Waals surface area contributed by atoms with Gasteiger partial charge in [-0.15, -0.1) is 0 Å². The van der Waals surface area contributed by atoms with Crippen molar-refractivity contribution in [3.05, 3.63) is 35.9 Å². The average Bonchev–Trinajstić information content (AvgIpc) is 3.06. The van der Waals surface area contributed by atoms with E-state index in [0.29, 0.717) is 12.3 Å². The molecule has 4 nitrogen and oxygen atoms in total. The Morgan fingerprint density at radius 2 is 1.91 bits per heavy atom. The summed E-state index contributed by atoms with van der Waals surface area (Å²) in [6, 6.07) is 10.3. The summed E-state index contributed by atoms with van der Waals surface area (Å²) in [5.74, 6) is 0.456. The predicted molar refractivity (Wildman–Crippen MR) is 88.7 cm³/mol. The van der Waals surface area contributed by atoms with Gasteiger partial charge in [0.15, 0.2) is 9.84 Å². The van der Waals surface area contributed by atoms with Crippen molar-refractivity contribution in [3.8, 4) is 0 Å². The SMILES string of the molecule is O=C(CC1CCS(=O)(=O)C1)OC1CCCC1Cc1ccccc1. The summed E-state index contributed by atoms with van der Waals surface area (Å²) >= 11 is 0. The van der Waals surface area contributed by atoms with Crippen molar-refractivity contribution in [1.82, 2.24) is 0 Å². The normalized spacial score (nSPS) is 29.5. The maximum absolute atomic E-state index is 12.1. The van der Waals surface area contributed by atoms with E-state index >= 15 is 0 Å². The zero-order valence-corrected chi connectivity index (χ0v) is 14.1. The van der Waals surface area contributed by atoms with Crippen LogP contribution in [-0.4, -0.2) is 32.0 Å². The van der Waals surface area contributed by atoms with E-state index < -0.39 is 9.84 Å². The smallest absolute Gasteiger partial charge is 0.306 e. The first kappa shape index (κ1) is 16.5. The van der Waals surface area contributed by atoms with Crippen LogP contribution in [0, 0.1) is 11.8 Å². The number of carbonyl (C=O) groups is 1. The van der Waals surface area contributed by atoms with E-state index in [4.69, 9.17) is 4.74 Å². The maximum Gasteiger partial charge on any atom is 0.306 e. The van der Waals surface area contributed by atoms with Gasteiger partial charge in [-0.1, -0.05) is 30.3 Å². The molecule has 0 amide bonds. The quantitative estimate of drug-likeness (QED) is 0.776. The van der Waals surface area contributed by atoms with Crippen LogP contribution in [0.25, 0.3) is 0 Å². The van der Waals surface area contributed by atoms with Crippen LogP contribution in [0.2, 0.25) is 0 Å². The lowest BCUT2D eigenvalue weighted by atomic mass is 9.96. The summed E-state index contributed by atoms with van der Waals surface area (Å²) in [5, 5.41) is 0. The molecule has 3 rings (SSSR count). The van der Waals surface area contributed by atoms with Crippen molar-refractivity contribution in [3.63, 3.8) is 0 Å². The second-order valence-corrected chi connectivity index (χ2v) is 9.11. The summed E-state index contributed by atoms with van der Waals surface area (Å²) < 4.78 is 28.6. The highest BCUT2D eigenvalue weighted by molar-refractivity contribution is 7.91. The van der Waals surface area contributed by atoms with Crippen LogP contribution >= 0.6 is 0 Å². The lowest BCUT2D eigenvalue weighted by molar-refractivity contribution is -0.151. The highest BCUT2D eigenvalue weighted by Gasteiger charge is 2.33. The van der Waals surface area contributed by atoms with Crippen molar-refractivity contribution >= 4 is 15.8 Å². The molecule has 0 spiro atoms. The Morgan fingerprint density at radius 1 is 1.13 bits per heavy atom. The van der Waals surface area contributed by atoms with Gasteiger partial charge in [-0.3, -0.25) is 4.79 Å². The molecule has 1 saturated carbocycles. The first-order valence-corrected chi connectivity index (χ1v) is 10.3. The van der Waals surface area contributed by atoms with Crippen LogP contribution in [0.1, 0.15) is 37.7 Å². The molecule has 2 aliphatic rings. The Balaban J connectivity index is 1.51. The number of sulfone groups is 1. The molecule has 1 heterocycles. The molecular formula is C18H24O4S. The molecule has 126 valence electrons. The Labute approximate surface area is 138 Å². The molecule has 1 aliphatic heterocycles. The van der Waals surface area contributed by atoms with Crippen LogP contribution in [0.3, 0.4) is 0 Å². The minimum Gasteiger partial charge on any atom is -0.462 e. The monoisotopic (exact) mass is 336 g/mol. The Kier molecular flexibility index (Phi) is 5.05. The first-order chi connectivity index (χ1) is 11.0. The Bertz CT molecular complexity index is 638. The summed E-state index contributed by atoms with van der Waals surface area (Å²) in [5.41, 5.74) is 1.28. The number of carbonyl (C=O) groups excluding carboxylic acids is 1. The third-order valence-electron chi connectivity index (χ3n) is 4.99. The van der Waals surface area contributed by atoms with Crippen LogP contribution in [-0.2, 0) is 25.8 Å². The molecule has 3 unspecified atom stereocenters. The third-order valence-corrected chi connectivity index (χ3v) is 6.83. The largest absolute Gasteiger partial charge is 0.462 e. The lowest BCUT2D eigenvalue weighted by Gasteiger charge is -2.21. The Hall–Kier alpha value is -1.36. The summed E-state index contributed by atoms with van der Waals surface area (Å²) in [6.07, 6.45) is 4.87. The molecule has 1 aromatic carbocycles. The fourth-order valence-electron chi connectivity index (χ4n) is 3.79.